The van der Waals surface area contributed by atoms with Crippen molar-refractivity contribution in [3.63, 3.8) is 0 Å². The van der Waals surface area contributed by atoms with Crippen LogP contribution in [-0.2, 0) is 27.3 Å². The van der Waals surface area contributed by atoms with Gasteiger partial charge in [0.2, 0.25) is 17.5 Å². The van der Waals surface area contributed by atoms with Gasteiger partial charge in [0.05, 0.1) is 29.2 Å². The van der Waals surface area contributed by atoms with Crippen molar-refractivity contribution in [2.45, 2.75) is 64.1 Å². The van der Waals surface area contributed by atoms with Crippen LogP contribution in [0.5, 0.6) is 0 Å². The Morgan fingerprint density at radius 2 is 1.80 bits per heavy atom. The Balaban J connectivity index is 1.11. The molecule has 0 spiro atoms. The number of fused-ring (bicyclic) bond motifs is 2. The molecule has 3 aliphatic rings. The topological polar surface area (TPSA) is 158 Å². The number of ketones is 2. The zero-order valence-corrected chi connectivity index (χ0v) is 26.8. The molecule has 1 atom stereocenters. The van der Waals surface area contributed by atoms with Crippen LogP contribution in [0.1, 0.15) is 62.0 Å². The van der Waals surface area contributed by atoms with Crippen LogP contribution in [0.3, 0.4) is 0 Å². The molecule has 0 radical (unpaired) electrons. The van der Waals surface area contributed by atoms with E-state index in [9.17, 15) is 18.8 Å². The molecule has 3 aromatic heterocycles. The smallest absolute Gasteiger partial charge is 0.228 e. The maximum atomic E-state index is 15.5. The molecular formula is C36H32F2N8O3. The highest BCUT2D eigenvalue weighted by atomic mass is 19.1. The number of Topliss-reactive ketones (excluding diaryl/α,β-unsaturated/α-hetero) is 2. The van der Waals surface area contributed by atoms with Gasteiger partial charge in [0.1, 0.15) is 28.6 Å². The minimum atomic E-state index is -1.23. The maximum Gasteiger partial charge on any atom is 0.228 e. The lowest BCUT2D eigenvalue weighted by molar-refractivity contribution is -0.122. The summed E-state index contributed by atoms with van der Waals surface area (Å²) in [6, 6.07) is 9.13. The second kappa shape index (κ2) is 11.6. The van der Waals surface area contributed by atoms with Crippen LogP contribution in [0, 0.1) is 17.6 Å². The Morgan fingerprint density at radius 1 is 1.00 bits per heavy atom. The zero-order valence-electron chi connectivity index (χ0n) is 26.8. The van der Waals surface area contributed by atoms with E-state index in [0.29, 0.717) is 62.6 Å². The molecule has 5 aromatic rings. The summed E-state index contributed by atoms with van der Waals surface area (Å²) in [5, 5.41) is 13.9. The first-order valence-corrected chi connectivity index (χ1v) is 16.3. The number of benzene rings is 2. The van der Waals surface area contributed by atoms with Crippen molar-refractivity contribution in [1.82, 2.24) is 30.5 Å². The molecule has 2 aromatic carbocycles. The molecular weight excluding hydrogens is 630 g/mol. The molecule has 4 heterocycles. The van der Waals surface area contributed by atoms with Gasteiger partial charge in [-0.2, -0.15) is 5.10 Å². The van der Waals surface area contributed by atoms with Gasteiger partial charge in [-0.05, 0) is 62.6 Å². The minimum Gasteiger partial charge on any atom is -0.340 e. The number of nitrogens with one attached hydrogen (secondary N) is 4. The summed E-state index contributed by atoms with van der Waals surface area (Å²) < 4.78 is 30.4. The Labute approximate surface area is 279 Å². The number of nitrogens with zero attached hydrogens (tertiary/aromatic N) is 4. The van der Waals surface area contributed by atoms with E-state index < -0.39 is 28.7 Å². The Kier molecular flexibility index (Phi) is 7.32. The molecule has 248 valence electrons. The van der Waals surface area contributed by atoms with Crippen LogP contribution in [0.25, 0.3) is 33.5 Å². The third-order valence-corrected chi connectivity index (χ3v) is 9.70. The molecule has 2 aliphatic carbocycles. The van der Waals surface area contributed by atoms with Gasteiger partial charge in [0, 0.05) is 58.9 Å². The van der Waals surface area contributed by atoms with Crippen molar-refractivity contribution in [1.29, 1.82) is 0 Å². The number of aromatic nitrogens is 5. The second-order valence-electron chi connectivity index (χ2n) is 13.3. The number of anilines is 1. The quantitative estimate of drug-likeness (QED) is 0.131. The fourth-order valence-electron chi connectivity index (χ4n) is 6.87. The standard InChI is InChI=1S/C36H32F2N8O3/c1-17-7-28-31(29(41-17)20-8-18(9-22(37)10-20)14-40-36(2)32(47)33(36)48)44-34(43-28)30-25-12-24(26(38)13-27(25)45-46-30)21-11-23(16-39-15-21)42-35(49)19-5-3-4-6-19/h8-13,15-17,19,40H,3-7,14H2,1-2H3,(H,42,49)(H,43,44)(H,45,46). The summed E-state index contributed by atoms with van der Waals surface area (Å²) in [6.07, 6.45) is 7.47. The van der Waals surface area contributed by atoms with Crippen molar-refractivity contribution in [3.05, 3.63) is 82.9 Å². The molecule has 2 saturated carbocycles. The monoisotopic (exact) mass is 662 g/mol. The largest absolute Gasteiger partial charge is 0.340 e. The number of aromatic amines is 2. The fourth-order valence-corrected chi connectivity index (χ4v) is 6.87. The fraction of sp³-hybridized carbons (Fsp3) is 0.306. The molecule has 2 fully saturated rings. The molecule has 49 heavy (non-hydrogen) atoms. The molecule has 0 saturated heterocycles. The predicted octanol–water partition coefficient (Wildman–Crippen LogP) is 5.20. The molecule has 1 aliphatic heterocycles. The van der Waals surface area contributed by atoms with Crippen molar-refractivity contribution >= 4 is 39.8 Å². The number of hydrogen-bond acceptors (Lipinski definition) is 8. The van der Waals surface area contributed by atoms with Gasteiger partial charge < -0.3 is 10.3 Å². The Bertz CT molecular complexity index is 2220. The average Bonchev–Trinajstić information content (AvgIpc) is 3.70. The Hall–Kier alpha value is -5.43. The first kappa shape index (κ1) is 30.9. The lowest BCUT2D eigenvalue weighted by atomic mass is 9.97. The molecule has 13 heteroatoms. The van der Waals surface area contributed by atoms with Crippen LogP contribution in [-0.4, -0.2) is 59.9 Å². The second-order valence-corrected chi connectivity index (χ2v) is 13.3. The predicted molar refractivity (Wildman–Crippen MR) is 178 cm³/mol. The molecule has 8 rings (SSSR count). The number of imidazole rings is 1. The van der Waals surface area contributed by atoms with Gasteiger partial charge in [-0.1, -0.05) is 12.8 Å². The minimum absolute atomic E-state index is 0.0207. The van der Waals surface area contributed by atoms with E-state index in [-0.39, 0.29) is 30.0 Å². The van der Waals surface area contributed by atoms with Gasteiger partial charge in [0.25, 0.3) is 0 Å². The van der Waals surface area contributed by atoms with E-state index >= 15 is 4.39 Å². The number of carbonyl (C=O) groups is 3. The first-order valence-electron chi connectivity index (χ1n) is 16.3. The number of hydrogen-bond donors (Lipinski definition) is 4. The van der Waals surface area contributed by atoms with Crippen molar-refractivity contribution < 1.29 is 23.2 Å². The SMILES string of the molecule is CC1Cc2[nH]c(-c3n[nH]c4cc(F)c(-c5cncc(NC(=O)C6CCCC6)c5)cc34)nc2C(c2cc(F)cc(CNC3(C)C(=O)C3=O)c2)=N1. The van der Waals surface area contributed by atoms with Gasteiger partial charge in [-0.3, -0.25) is 34.8 Å². The van der Waals surface area contributed by atoms with E-state index in [1.807, 2.05) is 6.92 Å². The zero-order chi connectivity index (χ0) is 34.0. The molecule has 1 amide bonds. The number of halogens is 2. The number of H-pyrrole nitrogens is 2. The summed E-state index contributed by atoms with van der Waals surface area (Å²) >= 11 is 0. The first-order chi connectivity index (χ1) is 23.6. The average molecular weight is 663 g/mol. The summed E-state index contributed by atoms with van der Waals surface area (Å²) in [5.74, 6) is -1.58. The van der Waals surface area contributed by atoms with Gasteiger partial charge in [-0.25, -0.2) is 13.8 Å². The third kappa shape index (κ3) is 5.53. The highest BCUT2D eigenvalue weighted by Crippen LogP contribution is 2.34. The lowest BCUT2D eigenvalue weighted by Crippen LogP contribution is -2.31. The van der Waals surface area contributed by atoms with Crippen LogP contribution in [0.2, 0.25) is 0 Å². The number of carbonyl (C=O) groups excluding carboxylic acids is 3. The van der Waals surface area contributed by atoms with E-state index in [0.717, 1.165) is 31.4 Å². The Morgan fingerprint density at radius 3 is 2.57 bits per heavy atom. The molecule has 11 nitrogen and oxygen atoms in total. The van der Waals surface area contributed by atoms with Crippen LogP contribution < -0.4 is 10.6 Å². The number of aliphatic imine (C=N–C) groups is 1. The molecule has 4 N–H and O–H groups in total. The van der Waals surface area contributed by atoms with Gasteiger partial charge in [0.15, 0.2) is 5.82 Å². The van der Waals surface area contributed by atoms with E-state index in [1.165, 1.54) is 25.1 Å². The number of pyridine rings is 1. The van der Waals surface area contributed by atoms with Crippen molar-refractivity contribution in [2.24, 2.45) is 10.9 Å². The highest BCUT2D eigenvalue weighted by molar-refractivity contribution is 6.66. The summed E-state index contributed by atoms with van der Waals surface area (Å²) in [7, 11) is 0. The van der Waals surface area contributed by atoms with E-state index in [1.54, 1.807) is 30.6 Å². The van der Waals surface area contributed by atoms with Crippen molar-refractivity contribution in [3.8, 4) is 22.6 Å². The lowest BCUT2D eigenvalue weighted by Gasteiger charge is -2.18. The highest BCUT2D eigenvalue weighted by Gasteiger charge is 2.61. The number of rotatable bonds is 8. The van der Waals surface area contributed by atoms with Crippen LogP contribution >= 0.6 is 0 Å². The summed E-state index contributed by atoms with van der Waals surface area (Å²) in [4.78, 5) is 53.5. The molecule has 0 bridgehead atoms. The number of amides is 1. The van der Waals surface area contributed by atoms with E-state index in [4.69, 9.17) is 9.98 Å². The summed E-state index contributed by atoms with van der Waals surface area (Å²) in [5.41, 5.74) is 3.88. The van der Waals surface area contributed by atoms with Gasteiger partial charge >= 0.3 is 0 Å². The maximum absolute atomic E-state index is 15.5. The van der Waals surface area contributed by atoms with Crippen LogP contribution in [0.15, 0.2) is 53.8 Å². The third-order valence-electron chi connectivity index (χ3n) is 9.70. The van der Waals surface area contributed by atoms with Crippen LogP contribution in [0.4, 0.5) is 14.5 Å². The molecule has 1 unspecified atom stereocenters. The van der Waals surface area contributed by atoms with Crippen molar-refractivity contribution in [2.75, 3.05) is 5.32 Å². The normalized spacial score (nSPS) is 18.5. The van der Waals surface area contributed by atoms with E-state index in [2.05, 4.69) is 30.8 Å². The van der Waals surface area contributed by atoms with Gasteiger partial charge in [-0.15, -0.1) is 0 Å². The summed E-state index contributed by atoms with van der Waals surface area (Å²) in [6.45, 7) is 3.58.